The summed E-state index contributed by atoms with van der Waals surface area (Å²) >= 11 is 0. The van der Waals surface area contributed by atoms with E-state index in [9.17, 15) is 0 Å². The molecule has 1 nitrogen and oxygen atoms in total. The summed E-state index contributed by atoms with van der Waals surface area (Å²) in [6.07, 6.45) is 5.68. The van der Waals surface area contributed by atoms with Crippen molar-refractivity contribution in [1.82, 2.24) is 4.98 Å². The number of pyridine rings is 1. The van der Waals surface area contributed by atoms with Gasteiger partial charge in [-0.05, 0) is 49.1 Å². The Bertz CT molecular complexity index is 425. The van der Waals surface area contributed by atoms with E-state index in [1.54, 1.807) is 6.08 Å². The number of allylic oxidation sites excluding steroid dienone is 4. The fourth-order valence-corrected chi connectivity index (χ4v) is 1.52. The van der Waals surface area contributed by atoms with E-state index in [1.165, 1.54) is 16.7 Å². The summed E-state index contributed by atoms with van der Waals surface area (Å²) in [5, 5.41) is 0. The Morgan fingerprint density at radius 3 is 2.60 bits per heavy atom. The fraction of sp³-hybridized carbons (Fsp3) is 0.214. The van der Waals surface area contributed by atoms with Gasteiger partial charge >= 0.3 is 0 Å². The molecule has 0 radical (unpaired) electrons. The minimum atomic E-state index is 0.924. The van der Waals surface area contributed by atoms with Crippen LogP contribution in [0.2, 0.25) is 0 Å². The van der Waals surface area contributed by atoms with Crippen molar-refractivity contribution in [1.29, 1.82) is 0 Å². The second kappa shape index (κ2) is 4.74. The van der Waals surface area contributed by atoms with E-state index < -0.39 is 0 Å². The Hall–Kier alpha value is -1.63. The number of aromatic nitrogens is 1. The van der Waals surface area contributed by atoms with Crippen molar-refractivity contribution in [3.05, 3.63) is 60.0 Å². The Morgan fingerprint density at radius 1 is 1.40 bits per heavy atom. The second-order valence-electron chi connectivity index (χ2n) is 3.75. The standard InChI is InChI=1S/C14H17N/c1-6-10(2)7-11(3)14-9-15-13(5)8-12(14)4/h6-9H,1-2H2,3-5H3/b11-7+. The van der Waals surface area contributed by atoms with Gasteiger partial charge < -0.3 is 0 Å². The molecular weight excluding hydrogens is 182 g/mol. The van der Waals surface area contributed by atoms with Crippen LogP contribution in [0.25, 0.3) is 5.57 Å². The van der Waals surface area contributed by atoms with Crippen molar-refractivity contribution in [2.75, 3.05) is 0 Å². The lowest BCUT2D eigenvalue weighted by molar-refractivity contribution is 1.16. The molecule has 1 heterocycles. The topological polar surface area (TPSA) is 12.9 Å². The predicted octanol–water partition coefficient (Wildman–Crippen LogP) is 3.84. The summed E-state index contributed by atoms with van der Waals surface area (Å²) in [6.45, 7) is 13.7. The highest BCUT2D eigenvalue weighted by molar-refractivity contribution is 5.68. The molecule has 0 aliphatic heterocycles. The summed E-state index contributed by atoms with van der Waals surface area (Å²) in [6, 6.07) is 2.09. The van der Waals surface area contributed by atoms with Gasteiger partial charge in [0.05, 0.1) is 0 Å². The van der Waals surface area contributed by atoms with Gasteiger partial charge in [-0.3, -0.25) is 4.98 Å². The summed E-state index contributed by atoms with van der Waals surface area (Å²) in [4.78, 5) is 4.30. The molecule has 1 aromatic heterocycles. The van der Waals surface area contributed by atoms with Crippen molar-refractivity contribution < 1.29 is 0 Å². The molecule has 0 aliphatic carbocycles. The lowest BCUT2D eigenvalue weighted by Crippen LogP contribution is -1.90. The molecule has 0 fully saturated rings. The molecule has 0 saturated carbocycles. The van der Waals surface area contributed by atoms with Crippen molar-refractivity contribution in [3.8, 4) is 0 Å². The van der Waals surface area contributed by atoms with Crippen LogP contribution in [0.1, 0.15) is 23.7 Å². The highest BCUT2D eigenvalue weighted by atomic mass is 14.7. The highest BCUT2D eigenvalue weighted by Gasteiger charge is 2.01. The summed E-state index contributed by atoms with van der Waals surface area (Å²) in [5.74, 6) is 0. The third-order valence-electron chi connectivity index (χ3n) is 2.34. The van der Waals surface area contributed by atoms with Crippen molar-refractivity contribution in [3.63, 3.8) is 0 Å². The fourth-order valence-electron chi connectivity index (χ4n) is 1.52. The number of aryl methyl sites for hydroxylation is 2. The molecule has 0 N–H and O–H groups in total. The maximum atomic E-state index is 4.30. The zero-order chi connectivity index (χ0) is 11.4. The SMILES string of the molecule is C=CC(=C)/C=C(\C)c1cnc(C)cc1C. The molecule has 0 aromatic carbocycles. The third-order valence-corrected chi connectivity index (χ3v) is 2.34. The first kappa shape index (κ1) is 11.4. The number of hydrogen-bond acceptors (Lipinski definition) is 1. The lowest BCUT2D eigenvalue weighted by Gasteiger charge is -2.06. The van der Waals surface area contributed by atoms with Gasteiger partial charge in [-0.2, -0.15) is 0 Å². The van der Waals surface area contributed by atoms with E-state index in [1.807, 2.05) is 19.2 Å². The van der Waals surface area contributed by atoms with Crippen molar-refractivity contribution in [2.45, 2.75) is 20.8 Å². The highest BCUT2D eigenvalue weighted by Crippen LogP contribution is 2.19. The zero-order valence-electron chi connectivity index (χ0n) is 9.67. The van der Waals surface area contributed by atoms with Gasteiger partial charge in [-0.1, -0.05) is 25.3 Å². The van der Waals surface area contributed by atoms with E-state index in [0.717, 1.165) is 11.3 Å². The van der Waals surface area contributed by atoms with Gasteiger partial charge in [0.2, 0.25) is 0 Å². The quantitative estimate of drug-likeness (QED) is 0.674. The first-order valence-corrected chi connectivity index (χ1v) is 4.98. The minimum Gasteiger partial charge on any atom is -0.261 e. The largest absolute Gasteiger partial charge is 0.261 e. The Morgan fingerprint density at radius 2 is 2.07 bits per heavy atom. The lowest BCUT2D eigenvalue weighted by atomic mass is 10.0. The van der Waals surface area contributed by atoms with E-state index in [0.29, 0.717) is 0 Å². The molecule has 15 heavy (non-hydrogen) atoms. The third kappa shape index (κ3) is 2.91. The summed E-state index contributed by atoms with van der Waals surface area (Å²) in [5.41, 5.74) is 5.56. The van der Waals surface area contributed by atoms with Crippen LogP contribution in [-0.4, -0.2) is 4.98 Å². The van der Waals surface area contributed by atoms with Gasteiger partial charge in [0.15, 0.2) is 0 Å². The molecule has 0 aliphatic rings. The molecule has 0 saturated heterocycles. The molecule has 1 heteroatoms. The van der Waals surface area contributed by atoms with Crippen LogP contribution in [0.5, 0.6) is 0 Å². The number of hydrogen-bond donors (Lipinski definition) is 0. The maximum Gasteiger partial charge on any atom is 0.0375 e. The Balaban J connectivity index is 3.11. The van der Waals surface area contributed by atoms with Crippen LogP contribution in [0, 0.1) is 13.8 Å². The Kier molecular flexibility index (Phi) is 3.62. The first-order valence-electron chi connectivity index (χ1n) is 4.98. The average Bonchev–Trinajstić information content (AvgIpc) is 2.17. The van der Waals surface area contributed by atoms with Crippen LogP contribution in [0.4, 0.5) is 0 Å². The normalized spacial score (nSPS) is 11.3. The van der Waals surface area contributed by atoms with E-state index in [4.69, 9.17) is 0 Å². The Labute approximate surface area is 91.9 Å². The van der Waals surface area contributed by atoms with Crippen LogP contribution in [0.3, 0.4) is 0 Å². The average molecular weight is 199 g/mol. The molecular formula is C14H17N. The van der Waals surface area contributed by atoms with Crippen LogP contribution in [-0.2, 0) is 0 Å². The molecule has 1 rings (SSSR count). The van der Waals surface area contributed by atoms with E-state index in [2.05, 4.69) is 38.1 Å². The molecule has 0 spiro atoms. The van der Waals surface area contributed by atoms with Gasteiger partial charge in [-0.25, -0.2) is 0 Å². The van der Waals surface area contributed by atoms with Gasteiger partial charge in [0.1, 0.15) is 0 Å². The molecule has 0 unspecified atom stereocenters. The monoisotopic (exact) mass is 199 g/mol. The summed E-state index contributed by atoms with van der Waals surface area (Å²) < 4.78 is 0. The van der Waals surface area contributed by atoms with Crippen molar-refractivity contribution >= 4 is 5.57 Å². The molecule has 0 atom stereocenters. The van der Waals surface area contributed by atoms with Gasteiger partial charge in [0, 0.05) is 11.9 Å². The smallest absolute Gasteiger partial charge is 0.0375 e. The van der Waals surface area contributed by atoms with Crippen LogP contribution in [0.15, 0.2) is 43.1 Å². The van der Waals surface area contributed by atoms with E-state index >= 15 is 0 Å². The zero-order valence-corrected chi connectivity index (χ0v) is 9.67. The van der Waals surface area contributed by atoms with Crippen molar-refractivity contribution in [2.24, 2.45) is 0 Å². The second-order valence-corrected chi connectivity index (χ2v) is 3.75. The molecule has 78 valence electrons. The van der Waals surface area contributed by atoms with Gasteiger partial charge in [-0.15, -0.1) is 0 Å². The maximum absolute atomic E-state index is 4.30. The van der Waals surface area contributed by atoms with E-state index in [-0.39, 0.29) is 0 Å². The first-order chi connectivity index (χ1) is 7.04. The summed E-state index contributed by atoms with van der Waals surface area (Å²) in [7, 11) is 0. The van der Waals surface area contributed by atoms with Crippen LogP contribution >= 0.6 is 0 Å². The molecule has 0 amide bonds. The predicted molar refractivity (Wildman–Crippen MR) is 66.7 cm³/mol. The minimum absolute atomic E-state index is 0.924. The molecule has 1 aromatic rings. The van der Waals surface area contributed by atoms with Gasteiger partial charge in [0.25, 0.3) is 0 Å². The number of rotatable bonds is 3. The molecule has 0 bridgehead atoms. The van der Waals surface area contributed by atoms with Crippen LogP contribution < -0.4 is 0 Å². The number of nitrogens with zero attached hydrogens (tertiary/aromatic N) is 1.